The Morgan fingerprint density at radius 2 is 1.92 bits per heavy atom. The van der Waals surface area contributed by atoms with Crippen molar-refractivity contribution in [1.82, 2.24) is 9.97 Å². The minimum Gasteiger partial charge on any atom is -0.362 e. The number of H-pyrrole nitrogens is 1. The molecule has 1 N–H and O–H groups in total. The second-order valence-electron chi connectivity index (χ2n) is 2.35. The molecule has 0 saturated heterocycles. The van der Waals surface area contributed by atoms with Crippen LogP contribution in [0.25, 0.3) is 6.08 Å². The van der Waals surface area contributed by atoms with E-state index in [2.05, 4.69) is 16.5 Å². The molecule has 66 valence electrons. The van der Waals surface area contributed by atoms with Gasteiger partial charge in [-0.2, -0.15) is 0 Å². The van der Waals surface area contributed by atoms with E-state index in [9.17, 15) is 0 Å². The molecule has 0 unspecified atom stereocenters. The summed E-state index contributed by atoms with van der Waals surface area (Å²) in [7, 11) is 0. The standard InChI is InChI=1S/C6H7N.C5H5N/c1-2-6-4-3-5-7-6;1-2-4-6-5-3-1/h2-5,7H,1H2;1-5H. The first-order valence-electron chi connectivity index (χ1n) is 4.04. The fourth-order valence-corrected chi connectivity index (χ4v) is 0.784. The van der Waals surface area contributed by atoms with Gasteiger partial charge >= 0.3 is 0 Å². The maximum atomic E-state index is 3.78. The average Bonchev–Trinajstić information content (AvgIpc) is 2.74. The highest BCUT2D eigenvalue weighted by atomic mass is 14.7. The summed E-state index contributed by atoms with van der Waals surface area (Å²) in [6.45, 7) is 3.57. The summed E-state index contributed by atoms with van der Waals surface area (Å²) < 4.78 is 0. The summed E-state index contributed by atoms with van der Waals surface area (Å²) in [4.78, 5) is 6.75. The molecule has 13 heavy (non-hydrogen) atoms. The Balaban J connectivity index is 0.000000132. The summed E-state index contributed by atoms with van der Waals surface area (Å²) >= 11 is 0. The zero-order valence-corrected chi connectivity index (χ0v) is 7.35. The van der Waals surface area contributed by atoms with Crippen molar-refractivity contribution in [2.45, 2.75) is 0 Å². The maximum Gasteiger partial charge on any atom is 0.0374 e. The van der Waals surface area contributed by atoms with Gasteiger partial charge in [0.2, 0.25) is 0 Å². The summed E-state index contributed by atoms with van der Waals surface area (Å²) in [6.07, 6.45) is 7.15. The summed E-state index contributed by atoms with van der Waals surface area (Å²) in [5, 5.41) is 0. The van der Waals surface area contributed by atoms with Gasteiger partial charge in [0.25, 0.3) is 0 Å². The van der Waals surface area contributed by atoms with Gasteiger partial charge in [0.1, 0.15) is 0 Å². The SMILES string of the molecule is C=Cc1ccc[nH]1.c1ccncc1. The molecule has 2 nitrogen and oxygen atoms in total. The summed E-state index contributed by atoms with van der Waals surface area (Å²) in [5.41, 5.74) is 1.07. The monoisotopic (exact) mass is 172 g/mol. The van der Waals surface area contributed by atoms with Gasteiger partial charge in [0.15, 0.2) is 0 Å². The van der Waals surface area contributed by atoms with Crippen molar-refractivity contribution in [3.8, 4) is 0 Å². The molecule has 0 aliphatic heterocycles. The molecular formula is C11H12N2. The van der Waals surface area contributed by atoms with Crippen LogP contribution in [-0.4, -0.2) is 9.97 Å². The van der Waals surface area contributed by atoms with Crippen LogP contribution in [0.3, 0.4) is 0 Å². The van der Waals surface area contributed by atoms with Crippen LogP contribution in [0, 0.1) is 0 Å². The van der Waals surface area contributed by atoms with Crippen molar-refractivity contribution in [2.75, 3.05) is 0 Å². The molecular weight excluding hydrogens is 160 g/mol. The third-order valence-electron chi connectivity index (χ3n) is 1.41. The minimum absolute atomic E-state index is 1.07. The van der Waals surface area contributed by atoms with Crippen LogP contribution >= 0.6 is 0 Å². The van der Waals surface area contributed by atoms with Crippen LogP contribution in [0.1, 0.15) is 5.69 Å². The van der Waals surface area contributed by atoms with Gasteiger partial charge < -0.3 is 4.98 Å². The van der Waals surface area contributed by atoms with E-state index in [0.717, 1.165) is 5.69 Å². The van der Waals surface area contributed by atoms with Crippen LogP contribution in [-0.2, 0) is 0 Å². The summed E-state index contributed by atoms with van der Waals surface area (Å²) in [5.74, 6) is 0. The summed E-state index contributed by atoms with van der Waals surface area (Å²) in [6, 6.07) is 9.62. The van der Waals surface area contributed by atoms with Crippen molar-refractivity contribution >= 4 is 6.08 Å². The Kier molecular flexibility index (Phi) is 4.11. The molecule has 0 amide bonds. The molecule has 0 fully saturated rings. The third kappa shape index (κ3) is 3.91. The third-order valence-corrected chi connectivity index (χ3v) is 1.41. The lowest BCUT2D eigenvalue weighted by atomic mass is 10.4. The molecule has 0 atom stereocenters. The van der Waals surface area contributed by atoms with Gasteiger partial charge in [-0.3, -0.25) is 4.98 Å². The van der Waals surface area contributed by atoms with Gasteiger partial charge in [0, 0.05) is 24.3 Å². The average molecular weight is 172 g/mol. The smallest absolute Gasteiger partial charge is 0.0374 e. The van der Waals surface area contributed by atoms with E-state index >= 15 is 0 Å². The van der Waals surface area contributed by atoms with Crippen molar-refractivity contribution in [3.05, 3.63) is 61.2 Å². The lowest BCUT2D eigenvalue weighted by Gasteiger charge is -1.74. The van der Waals surface area contributed by atoms with Crippen molar-refractivity contribution in [2.24, 2.45) is 0 Å². The highest BCUT2D eigenvalue weighted by molar-refractivity contribution is 5.40. The quantitative estimate of drug-likeness (QED) is 0.704. The first-order chi connectivity index (χ1) is 6.43. The molecule has 2 aromatic heterocycles. The van der Waals surface area contributed by atoms with Crippen molar-refractivity contribution in [3.63, 3.8) is 0 Å². The van der Waals surface area contributed by atoms with E-state index in [1.807, 2.05) is 36.5 Å². The Morgan fingerprint density at radius 3 is 2.15 bits per heavy atom. The van der Waals surface area contributed by atoms with Crippen LogP contribution in [0.4, 0.5) is 0 Å². The highest BCUT2D eigenvalue weighted by Gasteiger charge is 1.76. The number of aromatic amines is 1. The molecule has 0 aliphatic rings. The van der Waals surface area contributed by atoms with E-state index in [-0.39, 0.29) is 0 Å². The largest absolute Gasteiger partial charge is 0.362 e. The first kappa shape index (κ1) is 9.26. The Labute approximate surface area is 78.0 Å². The molecule has 2 heterocycles. The molecule has 2 aromatic rings. The molecule has 0 saturated carbocycles. The molecule has 2 heteroatoms. The number of rotatable bonds is 1. The van der Waals surface area contributed by atoms with Gasteiger partial charge in [-0.1, -0.05) is 12.6 Å². The topological polar surface area (TPSA) is 28.7 Å². The van der Waals surface area contributed by atoms with Gasteiger partial charge in [-0.15, -0.1) is 0 Å². The number of nitrogens with zero attached hydrogens (tertiary/aromatic N) is 1. The molecule has 0 aliphatic carbocycles. The fraction of sp³-hybridized carbons (Fsp3) is 0. The second-order valence-corrected chi connectivity index (χ2v) is 2.35. The predicted octanol–water partition coefficient (Wildman–Crippen LogP) is 2.74. The van der Waals surface area contributed by atoms with Gasteiger partial charge in [0.05, 0.1) is 0 Å². The number of pyridine rings is 1. The molecule has 0 aromatic carbocycles. The molecule has 0 bridgehead atoms. The first-order valence-corrected chi connectivity index (χ1v) is 4.04. The van der Waals surface area contributed by atoms with Crippen LogP contribution in [0.2, 0.25) is 0 Å². The van der Waals surface area contributed by atoms with E-state index in [0.29, 0.717) is 0 Å². The molecule has 0 spiro atoms. The fourth-order valence-electron chi connectivity index (χ4n) is 0.784. The van der Waals surface area contributed by atoms with Crippen LogP contribution in [0.5, 0.6) is 0 Å². The lowest BCUT2D eigenvalue weighted by Crippen LogP contribution is -1.61. The maximum absolute atomic E-state index is 3.78. The van der Waals surface area contributed by atoms with E-state index in [1.165, 1.54) is 0 Å². The normalized spacial score (nSPS) is 8.31. The van der Waals surface area contributed by atoms with E-state index < -0.39 is 0 Å². The number of nitrogens with one attached hydrogen (secondary N) is 1. The van der Waals surface area contributed by atoms with Gasteiger partial charge in [-0.05, 0) is 30.3 Å². The Morgan fingerprint density at radius 1 is 1.15 bits per heavy atom. The zero-order valence-electron chi connectivity index (χ0n) is 7.35. The lowest BCUT2D eigenvalue weighted by molar-refractivity contribution is 1.33. The van der Waals surface area contributed by atoms with Crippen molar-refractivity contribution < 1.29 is 0 Å². The van der Waals surface area contributed by atoms with Gasteiger partial charge in [-0.25, -0.2) is 0 Å². The Hall–Kier alpha value is -1.83. The zero-order chi connectivity index (χ0) is 9.36. The minimum atomic E-state index is 1.07. The van der Waals surface area contributed by atoms with Crippen LogP contribution in [0.15, 0.2) is 55.5 Å². The number of aromatic nitrogens is 2. The predicted molar refractivity (Wildman–Crippen MR) is 55.1 cm³/mol. The highest BCUT2D eigenvalue weighted by Crippen LogP contribution is 1.92. The molecule has 0 radical (unpaired) electrons. The van der Waals surface area contributed by atoms with Crippen LogP contribution < -0.4 is 0 Å². The van der Waals surface area contributed by atoms with Crippen molar-refractivity contribution in [1.29, 1.82) is 0 Å². The second kappa shape index (κ2) is 5.77. The Bertz CT molecular complexity index is 284. The van der Waals surface area contributed by atoms with E-state index in [1.54, 1.807) is 18.5 Å². The number of hydrogen-bond donors (Lipinski definition) is 1. The van der Waals surface area contributed by atoms with E-state index in [4.69, 9.17) is 0 Å². The number of hydrogen-bond acceptors (Lipinski definition) is 1. The molecule has 2 rings (SSSR count).